The Morgan fingerprint density at radius 2 is 2.11 bits per heavy atom. The molecule has 0 saturated heterocycles. The first kappa shape index (κ1) is 14.0. The fourth-order valence-corrected chi connectivity index (χ4v) is 3.21. The second-order valence-corrected chi connectivity index (χ2v) is 6.05. The summed E-state index contributed by atoms with van der Waals surface area (Å²) in [6, 6.07) is 4.79. The molecule has 2 nitrogen and oxygen atoms in total. The molecule has 1 aliphatic rings. The van der Waals surface area contributed by atoms with Gasteiger partial charge in [0.25, 0.3) is 0 Å². The molecule has 0 spiro atoms. The van der Waals surface area contributed by atoms with Crippen molar-refractivity contribution in [3.63, 3.8) is 0 Å². The van der Waals surface area contributed by atoms with Crippen molar-refractivity contribution < 1.29 is 9.50 Å². The van der Waals surface area contributed by atoms with E-state index in [4.69, 9.17) is 0 Å². The molecule has 1 aliphatic carbocycles. The van der Waals surface area contributed by atoms with Crippen LogP contribution in [-0.2, 0) is 0 Å². The second kappa shape index (κ2) is 5.68. The summed E-state index contributed by atoms with van der Waals surface area (Å²) in [4.78, 5) is 0. The highest BCUT2D eigenvalue weighted by Crippen LogP contribution is 2.30. The van der Waals surface area contributed by atoms with Crippen molar-refractivity contribution in [3.05, 3.63) is 34.1 Å². The van der Waals surface area contributed by atoms with Crippen molar-refractivity contribution in [2.75, 3.05) is 6.54 Å². The summed E-state index contributed by atoms with van der Waals surface area (Å²) < 4.78 is 13.8. The minimum atomic E-state index is -0.555. The first-order valence-electron chi connectivity index (χ1n) is 6.41. The normalized spacial score (nSPS) is 20.0. The van der Waals surface area contributed by atoms with Crippen molar-refractivity contribution in [3.8, 4) is 0 Å². The van der Waals surface area contributed by atoms with Crippen molar-refractivity contribution in [1.29, 1.82) is 0 Å². The predicted octanol–water partition coefficient (Wildman–Crippen LogP) is 3.54. The van der Waals surface area contributed by atoms with Crippen LogP contribution in [0.15, 0.2) is 22.7 Å². The molecule has 18 heavy (non-hydrogen) atoms. The van der Waals surface area contributed by atoms with Crippen molar-refractivity contribution >= 4 is 15.9 Å². The SMILES string of the molecule is CC(NCC1(O)CCCC1)c1ccc(F)cc1Br. The molecule has 1 aromatic carbocycles. The minimum Gasteiger partial charge on any atom is -0.389 e. The molecule has 0 radical (unpaired) electrons. The molecule has 1 atom stereocenters. The van der Waals surface area contributed by atoms with Gasteiger partial charge in [-0.25, -0.2) is 4.39 Å². The monoisotopic (exact) mass is 315 g/mol. The second-order valence-electron chi connectivity index (χ2n) is 5.20. The summed E-state index contributed by atoms with van der Waals surface area (Å²) >= 11 is 3.37. The van der Waals surface area contributed by atoms with E-state index in [1.165, 1.54) is 12.1 Å². The van der Waals surface area contributed by atoms with E-state index in [0.29, 0.717) is 6.54 Å². The van der Waals surface area contributed by atoms with Crippen LogP contribution in [0.2, 0.25) is 0 Å². The number of benzene rings is 1. The fraction of sp³-hybridized carbons (Fsp3) is 0.571. The van der Waals surface area contributed by atoms with Gasteiger partial charge in [-0.15, -0.1) is 0 Å². The van der Waals surface area contributed by atoms with Crippen molar-refractivity contribution in [2.24, 2.45) is 0 Å². The lowest BCUT2D eigenvalue weighted by molar-refractivity contribution is 0.0453. The van der Waals surface area contributed by atoms with Gasteiger partial charge in [-0.1, -0.05) is 34.8 Å². The molecule has 1 saturated carbocycles. The maximum Gasteiger partial charge on any atom is 0.124 e. The van der Waals surface area contributed by atoms with Crippen LogP contribution in [-0.4, -0.2) is 17.3 Å². The summed E-state index contributed by atoms with van der Waals surface area (Å²) in [7, 11) is 0. The van der Waals surface area contributed by atoms with Crippen LogP contribution < -0.4 is 5.32 Å². The molecule has 0 heterocycles. The lowest BCUT2D eigenvalue weighted by Gasteiger charge is -2.25. The molecule has 1 fully saturated rings. The Balaban J connectivity index is 1.97. The highest BCUT2D eigenvalue weighted by Gasteiger charge is 2.31. The van der Waals surface area contributed by atoms with Gasteiger partial charge in [-0.3, -0.25) is 0 Å². The average Bonchev–Trinajstić information content (AvgIpc) is 2.74. The maximum absolute atomic E-state index is 13.0. The van der Waals surface area contributed by atoms with E-state index in [-0.39, 0.29) is 11.9 Å². The lowest BCUT2D eigenvalue weighted by atomic mass is 10.0. The van der Waals surface area contributed by atoms with Gasteiger partial charge >= 0.3 is 0 Å². The Morgan fingerprint density at radius 1 is 1.44 bits per heavy atom. The van der Waals surface area contributed by atoms with E-state index in [1.54, 1.807) is 6.07 Å². The number of nitrogens with one attached hydrogen (secondary N) is 1. The molecule has 100 valence electrons. The number of halogens is 2. The van der Waals surface area contributed by atoms with Crippen LogP contribution in [0.5, 0.6) is 0 Å². The van der Waals surface area contributed by atoms with Gasteiger partial charge in [0.05, 0.1) is 5.60 Å². The van der Waals surface area contributed by atoms with Gasteiger partial charge in [0.15, 0.2) is 0 Å². The third-order valence-electron chi connectivity index (χ3n) is 3.70. The van der Waals surface area contributed by atoms with Gasteiger partial charge in [-0.2, -0.15) is 0 Å². The maximum atomic E-state index is 13.0. The van der Waals surface area contributed by atoms with Crippen LogP contribution in [0.1, 0.15) is 44.2 Å². The summed E-state index contributed by atoms with van der Waals surface area (Å²) in [5, 5.41) is 13.6. The lowest BCUT2D eigenvalue weighted by Crippen LogP contribution is -2.39. The van der Waals surface area contributed by atoms with Crippen LogP contribution >= 0.6 is 15.9 Å². The highest BCUT2D eigenvalue weighted by molar-refractivity contribution is 9.10. The zero-order valence-electron chi connectivity index (χ0n) is 10.5. The molecule has 2 N–H and O–H groups in total. The van der Waals surface area contributed by atoms with E-state index in [2.05, 4.69) is 21.2 Å². The van der Waals surface area contributed by atoms with Gasteiger partial charge < -0.3 is 10.4 Å². The third-order valence-corrected chi connectivity index (χ3v) is 4.39. The van der Waals surface area contributed by atoms with Crippen molar-refractivity contribution in [2.45, 2.75) is 44.2 Å². The molecule has 0 amide bonds. The Morgan fingerprint density at radius 3 is 2.72 bits per heavy atom. The molecule has 0 aromatic heterocycles. The van der Waals surface area contributed by atoms with E-state index < -0.39 is 5.60 Å². The fourth-order valence-electron chi connectivity index (χ4n) is 2.52. The molecule has 0 aliphatic heterocycles. The number of rotatable bonds is 4. The molecule has 4 heteroatoms. The van der Waals surface area contributed by atoms with Crippen LogP contribution in [0, 0.1) is 5.82 Å². The average molecular weight is 316 g/mol. The molecule has 1 unspecified atom stereocenters. The summed E-state index contributed by atoms with van der Waals surface area (Å²) in [6.07, 6.45) is 3.95. The number of hydrogen-bond donors (Lipinski definition) is 2. The summed E-state index contributed by atoms with van der Waals surface area (Å²) in [5.41, 5.74) is 0.457. The van der Waals surface area contributed by atoms with Crippen LogP contribution in [0.3, 0.4) is 0 Å². The van der Waals surface area contributed by atoms with E-state index in [1.807, 2.05) is 6.92 Å². The zero-order chi connectivity index (χ0) is 13.2. The van der Waals surface area contributed by atoms with Gasteiger partial charge in [0.2, 0.25) is 0 Å². The molecular weight excluding hydrogens is 297 g/mol. The third kappa shape index (κ3) is 3.31. The number of aliphatic hydroxyl groups is 1. The zero-order valence-corrected chi connectivity index (χ0v) is 12.1. The smallest absolute Gasteiger partial charge is 0.124 e. The Bertz CT molecular complexity index is 418. The quantitative estimate of drug-likeness (QED) is 0.890. The van der Waals surface area contributed by atoms with Gasteiger partial charge in [-0.05, 0) is 37.5 Å². The van der Waals surface area contributed by atoms with E-state index in [9.17, 15) is 9.50 Å². The standard InChI is InChI=1S/C14H19BrFNO/c1-10(12-5-4-11(16)8-13(12)15)17-9-14(18)6-2-3-7-14/h4-5,8,10,17-18H,2-3,6-7,9H2,1H3. The van der Waals surface area contributed by atoms with E-state index >= 15 is 0 Å². The molecule has 1 aromatic rings. The largest absolute Gasteiger partial charge is 0.389 e. The Labute approximate surface area is 116 Å². The topological polar surface area (TPSA) is 32.3 Å². The van der Waals surface area contributed by atoms with Crippen LogP contribution in [0.4, 0.5) is 4.39 Å². The van der Waals surface area contributed by atoms with Crippen LogP contribution in [0.25, 0.3) is 0 Å². The highest BCUT2D eigenvalue weighted by atomic mass is 79.9. The Hall–Kier alpha value is -0.450. The predicted molar refractivity (Wildman–Crippen MR) is 73.9 cm³/mol. The van der Waals surface area contributed by atoms with Gasteiger partial charge in [0.1, 0.15) is 5.82 Å². The molecule has 2 rings (SSSR count). The van der Waals surface area contributed by atoms with Gasteiger partial charge in [0, 0.05) is 17.1 Å². The number of hydrogen-bond acceptors (Lipinski definition) is 2. The van der Waals surface area contributed by atoms with Crippen molar-refractivity contribution in [1.82, 2.24) is 5.32 Å². The molecule has 0 bridgehead atoms. The summed E-state index contributed by atoms with van der Waals surface area (Å²) in [6.45, 7) is 2.62. The molecular formula is C14H19BrFNO. The first-order valence-corrected chi connectivity index (χ1v) is 7.20. The minimum absolute atomic E-state index is 0.0876. The first-order chi connectivity index (χ1) is 8.50. The summed E-state index contributed by atoms with van der Waals surface area (Å²) in [5.74, 6) is -0.243. The Kier molecular flexibility index (Phi) is 4.41. The van der Waals surface area contributed by atoms with E-state index in [0.717, 1.165) is 35.7 Å².